The minimum atomic E-state index is 0.416. The van der Waals surface area contributed by atoms with Crippen molar-refractivity contribution in [3.8, 4) is 6.07 Å². The number of anilines is 3. The lowest BCUT2D eigenvalue weighted by atomic mass is 10.1. The largest absolute Gasteiger partial charge is 0.396 e. The molecule has 5 heteroatoms. The first-order valence-electron chi connectivity index (χ1n) is 5.12. The highest BCUT2D eigenvalue weighted by atomic mass is 79.9. The third kappa shape index (κ3) is 2.58. The lowest BCUT2D eigenvalue weighted by Gasteiger charge is -2.11. The molecule has 90 valence electrons. The van der Waals surface area contributed by atoms with Gasteiger partial charge < -0.3 is 11.1 Å². The van der Waals surface area contributed by atoms with Crippen LogP contribution in [-0.2, 0) is 0 Å². The van der Waals surface area contributed by atoms with Crippen LogP contribution < -0.4 is 11.1 Å². The summed E-state index contributed by atoms with van der Waals surface area (Å²) in [6, 6.07) is 12.8. The van der Waals surface area contributed by atoms with Crippen LogP contribution in [0.3, 0.4) is 0 Å². The predicted octanol–water partition coefficient (Wildman–Crippen LogP) is 4.30. The van der Waals surface area contributed by atoms with E-state index in [1.165, 1.54) is 0 Å². The van der Waals surface area contributed by atoms with Gasteiger partial charge in [0.2, 0.25) is 0 Å². The van der Waals surface area contributed by atoms with Gasteiger partial charge in [-0.05, 0) is 30.3 Å². The molecule has 0 spiro atoms. The number of nitrogens with one attached hydrogen (secondary N) is 1. The molecule has 0 aliphatic heterocycles. The van der Waals surface area contributed by atoms with Crippen LogP contribution >= 0.6 is 27.5 Å². The molecule has 0 bridgehead atoms. The van der Waals surface area contributed by atoms with Gasteiger partial charge in [0.15, 0.2) is 0 Å². The molecule has 2 aromatic carbocycles. The molecule has 3 nitrogen and oxygen atoms in total. The molecule has 2 rings (SSSR count). The van der Waals surface area contributed by atoms with Gasteiger partial charge in [-0.25, -0.2) is 0 Å². The zero-order valence-electron chi connectivity index (χ0n) is 9.24. The van der Waals surface area contributed by atoms with Crippen LogP contribution in [0.1, 0.15) is 5.56 Å². The minimum absolute atomic E-state index is 0.416. The summed E-state index contributed by atoms with van der Waals surface area (Å²) in [4.78, 5) is 0. The highest BCUT2D eigenvalue weighted by molar-refractivity contribution is 9.10. The van der Waals surface area contributed by atoms with Crippen LogP contribution in [0.2, 0.25) is 5.02 Å². The van der Waals surface area contributed by atoms with E-state index in [0.29, 0.717) is 22.0 Å². The van der Waals surface area contributed by atoms with Crippen LogP contribution in [0.25, 0.3) is 0 Å². The monoisotopic (exact) mass is 321 g/mol. The van der Waals surface area contributed by atoms with Crippen molar-refractivity contribution in [2.24, 2.45) is 0 Å². The van der Waals surface area contributed by atoms with Gasteiger partial charge in [-0.3, -0.25) is 0 Å². The number of hydrogen-bond donors (Lipinski definition) is 2. The highest BCUT2D eigenvalue weighted by Crippen LogP contribution is 2.31. The fraction of sp³-hybridized carbons (Fsp3) is 0. The Morgan fingerprint density at radius 3 is 2.67 bits per heavy atom. The average molecular weight is 323 g/mol. The molecular weight excluding hydrogens is 314 g/mol. The number of rotatable bonds is 2. The molecule has 0 amide bonds. The summed E-state index contributed by atoms with van der Waals surface area (Å²) >= 11 is 9.45. The number of para-hydroxylation sites is 1. The first-order chi connectivity index (χ1) is 8.61. The van der Waals surface area contributed by atoms with Gasteiger partial charge in [0, 0.05) is 4.47 Å². The molecule has 0 saturated carbocycles. The summed E-state index contributed by atoms with van der Waals surface area (Å²) in [6.45, 7) is 0. The van der Waals surface area contributed by atoms with Crippen molar-refractivity contribution in [1.82, 2.24) is 0 Å². The lowest BCUT2D eigenvalue weighted by Crippen LogP contribution is -1.99. The predicted molar refractivity (Wildman–Crippen MR) is 78.0 cm³/mol. The van der Waals surface area contributed by atoms with E-state index in [1.54, 1.807) is 24.3 Å². The summed E-state index contributed by atoms with van der Waals surface area (Å²) in [7, 11) is 0. The Morgan fingerprint density at radius 2 is 2.00 bits per heavy atom. The summed E-state index contributed by atoms with van der Waals surface area (Å²) in [5, 5.41) is 12.6. The van der Waals surface area contributed by atoms with Crippen molar-refractivity contribution in [2.75, 3.05) is 11.1 Å². The quantitative estimate of drug-likeness (QED) is 0.810. The van der Waals surface area contributed by atoms with Crippen LogP contribution in [-0.4, -0.2) is 0 Å². The van der Waals surface area contributed by atoms with E-state index in [9.17, 15) is 0 Å². The number of nitrogens with zero attached hydrogens (tertiary/aromatic N) is 1. The van der Waals surface area contributed by atoms with E-state index >= 15 is 0 Å². The summed E-state index contributed by atoms with van der Waals surface area (Å²) < 4.78 is 0.900. The molecule has 0 saturated heterocycles. The maximum Gasteiger partial charge on any atom is 0.101 e. The molecule has 0 aromatic heterocycles. The van der Waals surface area contributed by atoms with E-state index in [2.05, 4.69) is 21.2 Å². The Hall–Kier alpha value is -1.70. The number of nitrogens with two attached hydrogens (primary N) is 1. The van der Waals surface area contributed by atoms with E-state index in [0.717, 1.165) is 10.2 Å². The van der Waals surface area contributed by atoms with Gasteiger partial charge in [-0.15, -0.1) is 0 Å². The molecule has 0 atom stereocenters. The number of nitriles is 1. The first kappa shape index (κ1) is 12.7. The summed E-state index contributed by atoms with van der Waals surface area (Å²) in [6.07, 6.45) is 0. The van der Waals surface area contributed by atoms with Crippen molar-refractivity contribution in [1.29, 1.82) is 5.26 Å². The molecule has 2 aromatic rings. The Labute approximate surface area is 118 Å². The first-order valence-corrected chi connectivity index (χ1v) is 6.29. The number of nitrogen functional groups attached to an aromatic ring is 1. The molecule has 0 unspecified atom stereocenters. The zero-order chi connectivity index (χ0) is 13.1. The lowest BCUT2D eigenvalue weighted by molar-refractivity contribution is 1.47. The van der Waals surface area contributed by atoms with E-state index in [-0.39, 0.29) is 0 Å². The third-order valence-electron chi connectivity index (χ3n) is 2.43. The van der Waals surface area contributed by atoms with Gasteiger partial charge in [0.1, 0.15) is 6.07 Å². The van der Waals surface area contributed by atoms with Crippen molar-refractivity contribution >= 4 is 44.6 Å². The average Bonchev–Trinajstić information content (AvgIpc) is 2.35. The van der Waals surface area contributed by atoms with E-state index < -0.39 is 0 Å². The van der Waals surface area contributed by atoms with Crippen molar-refractivity contribution in [3.05, 3.63) is 51.5 Å². The number of halogens is 2. The van der Waals surface area contributed by atoms with Crippen LogP contribution in [0.4, 0.5) is 17.1 Å². The number of hydrogen-bond acceptors (Lipinski definition) is 3. The Kier molecular flexibility index (Phi) is 3.75. The Balaban J connectivity index is 2.38. The van der Waals surface area contributed by atoms with Gasteiger partial charge in [-0.2, -0.15) is 5.26 Å². The van der Waals surface area contributed by atoms with E-state index in [1.807, 2.05) is 18.2 Å². The molecule has 0 aliphatic carbocycles. The van der Waals surface area contributed by atoms with Crippen LogP contribution in [0, 0.1) is 11.3 Å². The maximum absolute atomic E-state index is 8.91. The standard InChI is InChI=1S/C13H9BrClN3/c14-9-4-5-11(10(15)6-9)18-12-3-1-2-8(7-16)13(12)17/h1-6,18H,17H2. The molecule has 0 radical (unpaired) electrons. The highest BCUT2D eigenvalue weighted by Gasteiger charge is 2.06. The summed E-state index contributed by atoms with van der Waals surface area (Å²) in [5.74, 6) is 0. The van der Waals surface area contributed by atoms with E-state index in [4.69, 9.17) is 22.6 Å². The van der Waals surface area contributed by atoms with Crippen molar-refractivity contribution in [3.63, 3.8) is 0 Å². The summed E-state index contributed by atoms with van der Waals surface area (Å²) in [5.41, 5.74) is 8.14. The normalized spacial score (nSPS) is 9.83. The molecule has 0 heterocycles. The Bertz CT molecular complexity index is 635. The van der Waals surface area contributed by atoms with Crippen LogP contribution in [0.5, 0.6) is 0 Å². The van der Waals surface area contributed by atoms with Gasteiger partial charge in [0.05, 0.1) is 27.6 Å². The fourth-order valence-corrected chi connectivity index (χ4v) is 2.23. The second-order valence-corrected chi connectivity index (χ2v) is 4.95. The van der Waals surface area contributed by atoms with Crippen LogP contribution in [0.15, 0.2) is 40.9 Å². The number of benzene rings is 2. The Morgan fingerprint density at radius 1 is 1.22 bits per heavy atom. The molecule has 3 N–H and O–H groups in total. The fourth-order valence-electron chi connectivity index (χ4n) is 1.51. The van der Waals surface area contributed by atoms with Gasteiger partial charge in [0.25, 0.3) is 0 Å². The SMILES string of the molecule is N#Cc1cccc(Nc2ccc(Br)cc2Cl)c1N. The second kappa shape index (κ2) is 5.30. The smallest absolute Gasteiger partial charge is 0.101 e. The van der Waals surface area contributed by atoms with Crippen molar-refractivity contribution in [2.45, 2.75) is 0 Å². The minimum Gasteiger partial charge on any atom is -0.396 e. The molecular formula is C13H9BrClN3. The molecule has 0 fully saturated rings. The molecule has 0 aliphatic rings. The molecule has 18 heavy (non-hydrogen) atoms. The van der Waals surface area contributed by atoms with Gasteiger partial charge >= 0.3 is 0 Å². The maximum atomic E-state index is 8.91. The zero-order valence-corrected chi connectivity index (χ0v) is 11.6. The van der Waals surface area contributed by atoms with Crippen molar-refractivity contribution < 1.29 is 0 Å². The second-order valence-electron chi connectivity index (χ2n) is 3.63. The topological polar surface area (TPSA) is 61.8 Å². The third-order valence-corrected chi connectivity index (χ3v) is 3.23. The van der Waals surface area contributed by atoms with Gasteiger partial charge in [-0.1, -0.05) is 33.6 Å².